The molecule has 0 radical (unpaired) electrons. The molecule has 0 fully saturated rings. The predicted octanol–water partition coefficient (Wildman–Crippen LogP) is 5.35. The normalized spacial score (nSPS) is 10.7. The van der Waals surface area contributed by atoms with Crippen LogP contribution in [0.15, 0.2) is 91.0 Å². The second-order valence-corrected chi connectivity index (χ2v) is 5.57. The SMILES string of the molecule is CN(/C(=C/C#Cc1ccccc1)c1ccccc1)c1ccc(F)cc1. The molecule has 122 valence electrons. The Morgan fingerprint density at radius 1 is 0.840 bits per heavy atom. The number of benzene rings is 3. The third-order valence-electron chi connectivity index (χ3n) is 3.84. The molecule has 0 saturated heterocycles. The summed E-state index contributed by atoms with van der Waals surface area (Å²) in [5.74, 6) is 6.04. The van der Waals surface area contributed by atoms with Gasteiger partial charge >= 0.3 is 0 Å². The lowest BCUT2D eigenvalue weighted by Crippen LogP contribution is -2.15. The monoisotopic (exact) mass is 327 g/mol. The summed E-state index contributed by atoms with van der Waals surface area (Å²) in [4.78, 5) is 2.01. The highest BCUT2D eigenvalue weighted by Crippen LogP contribution is 2.24. The van der Waals surface area contributed by atoms with Crippen LogP contribution in [0.4, 0.5) is 10.1 Å². The molecule has 0 aliphatic carbocycles. The fourth-order valence-electron chi connectivity index (χ4n) is 2.50. The minimum atomic E-state index is -0.244. The third kappa shape index (κ3) is 4.37. The summed E-state index contributed by atoms with van der Waals surface area (Å²) in [6, 6.07) is 26.4. The van der Waals surface area contributed by atoms with Crippen LogP contribution in [0.3, 0.4) is 0 Å². The van der Waals surface area contributed by atoms with Gasteiger partial charge in [-0.1, -0.05) is 60.4 Å². The lowest BCUT2D eigenvalue weighted by Gasteiger charge is -2.22. The highest BCUT2D eigenvalue weighted by molar-refractivity contribution is 5.80. The Bertz CT molecular complexity index is 901. The Kier molecular flexibility index (Phi) is 5.29. The predicted molar refractivity (Wildman–Crippen MR) is 103 cm³/mol. The van der Waals surface area contributed by atoms with Crippen LogP contribution in [-0.4, -0.2) is 7.05 Å². The van der Waals surface area contributed by atoms with Gasteiger partial charge < -0.3 is 4.90 Å². The molecule has 0 aromatic heterocycles. The first-order chi connectivity index (χ1) is 12.2. The molecule has 0 amide bonds. The molecular formula is C23H18FN. The molecule has 2 heteroatoms. The molecular weight excluding hydrogens is 309 g/mol. The van der Waals surface area contributed by atoms with Crippen LogP contribution in [0.25, 0.3) is 5.70 Å². The second-order valence-electron chi connectivity index (χ2n) is 5.57. The van der Waals surface area contributed by atoms with E-state index in [1.807, 2.05) is 78.7 Å². The third-order valence-corrected chi connectivity index (χ3v) is 3.84. The molecule has 0 unspecified atom stereocenters. The van der Waals surface area contributed by atoms with Crippen molar-refractivity contribution >= 4 is 11.4 Å². The van der Waals surface area contributed by atoms with Crippen molar-refractivity contribution in [3.63, 3.8) is 0 Å². The lowest BCUT2D eigenvalue weighted by molar-refractivity contribution is 0.628. The Hall–Kier alpha value is -3.31. The van der Waals surface area contributed by atoms with Crippen LogP contribution in [0, 0.1) is 17.7 Å². The van der Waals surface area contributed by atoms with Gasteiger partial charge in [-0.2, -0.15) is 0 Å². The fraction of sp³-hybridized carbons (Fsp3) is 0.0435. The molecule has 0 aliphatic rings. The molecule has 0 spiro atoms. The van der Waals surface area contributed by atoms with E-state index in [0.29, 0.717) is 0 Å². The van der Waals surface area contributed by atoms with E-state index in [1.165, 1.54) is 12.1 Å². The standard InChI is InChI=1S/C23H18FN/c1-25(22-17-15-21(24)16-18-22)23(20-12-6-3-7-13-20)14-8-11-19-9-4-2-5-10-19/h2-7,9-10,12-18H,1H3/b23-14+. The van der Waals surface area contributed by atoms with Crippen LogP contribution in [-0.2, 0) is 0 Å². The minimum absolute atomic E-state index is 0.244. The first-order valence-electron chi connectivity index (χ1n) is 8.05. The van der Waals surface area contributed by atoms with Crippen LogP contribution in [0.2, 0.25) is 0 Å². The Labute approximate surface area is 148 Å². The van der Waals surface area contributed by atoms with Gasteiger partial charge in [0.1, 0.15) is 5.82 Å². The molecule has 3 aromatic rings. The Morgan fingerprint density at radius 3 is 2.08 bits per heavy atom. The van der Waals surface area contributed by atoms with E-state index in [1.54, 1.807) is 12.1 Å². The van der Waals surface area contributed by atoms with Crippen LogP contribution >= 0.6 is 0 Å². The Morgan fingerprint density at radius 2 is 1.44 bits per heavy atom. The van der Waals surface area contributed by atoms with Gasteiger partial charge in [0.2, 0.25) is 0 Å². The van der Waals surface area contributed by atoms with Crippen molar-refractivity contribution < 1.29 is 4.39 Å². The van der Waals surface area contributed by atoms with Crippen molar-refractivity contribution in [1.82, 2.24) is 0 Å². The van der Waals surface area contributed by atoms with E-state index in [4.69, 9.17) is 0 Å². The van der Waals surface area contributed by atoms with Crippen molar-refractivity contribution in [3.05, 3.63) is 108 Å². The van der Waals surface area contributed by atoms with Crippen LogP contribution in [0.1, 0.15) is 11.1 Å². The average molecular weight is 327 g/mol. The van der Waals surface area contributed by atoms with Gasteiger partial charge in [-0.25, -0.2) is 4.39 Å². The maximum Gasteiger partial charge on any atom is 0.123 e. The summed E-state index contributed by atoms with van der Waals surface area (Å²) in [5, 5.41) is 0. The summed E-state index contributed by atoms with van der Waals surface area (Å²) < 4.78 is 13.2. The maximum absolute atomic E-state index is 13.2. The van der Waals surface area contributed by atoms with Crippen LogP contribution in [0.5, 0.6) is 0 Å². The molecule has 0 aliphatic heterocycles. The maximum atomic E-state index is 13.2. The van der Waals surface area contributed by atoms with Crippen molar-refractivity contribution in [2.45, 2.75) is 0 Å². The van der Waals surface area contributed by atoms with E-state index < -0.39 is 0 Å². The molecule has 3 rings (SSSR count). The molecule has 3 aromatic carbocycles. The number of hydrogen-bond acceptors (Lipinski definition) is 1. The zero-order chi connectivity index (χ0) is 17.5. The van der Waals surface area contributed by atoms with E-state index in [2.05, 4.69) is 11.8 Å². The van der Waals surface area contributed by atoms with Crippen molar-refractivity contribution in [3.8, 4) is 11.8 Å². The topological polar surface area (TPSA) is 3.24 Å². The summed E-state index contributed by atoms with van der Waals surface area (Å²) in [6.45, 7) is 0. The van der Waals surface area contributed by atoms with E-state index in [0.717, 1.165) is 22.5 Å². The molecule has 0 N–H and O–H groups in total. The number of halogens is 1. The number of hydrogen-bond donors (Lipinski definition) is 0. The molecule has 0 atom stereocenters. The number of nitrogens with zero attached hydrogens (tertiary/aromatic N) is 1. The van der Waals surface area contributed by atoms with E-state index >= 15 is 0 Å². The first-order valence-corrected chi connectivity index (χ1v) is 8.05. The molecule has 0 saturated carbocycles. The van der Waals surface area contributed by atoms with Gasteiger partial charge in [0.05, 0.1) is 5.70 Å². The number of anilines is 1. The van der Waals surface area contributed by atoms with Gasteiger partial charge in [-0.15, -0.1) is 0 Å². The van der Waals surface area contributed by atoms with Gasteiger partial charge in [-0.3, -0.25) is 0 Å². The second kappa shape index (κ2) is 7.99. The van der Waals surface area contributed by atoms with Crippen molar-refractivity contribution in [1.29, 1.82) is 0 Å². The zero-order valence-corrected chi connectivity index (χ0v) is 14.0. The molecule has 25 heavy (non-hydrogen) atoms. The summed E-state index contributed by atoms with van der Waals surface area (Å²) in [6.07, 6.45) is 1.89. The smallest absolute Gasteiger partial charge is 0.123 e. The number of allylic oxidation sites excluding steroid dienone is 1. The minimum Gasteiger partial charge on any atom is -0.344 e. The molecule has 1 nitrogen and oxygen atoms in total. The summed E-state index contributed by atoms with van der Waals surface area (Å²) in [5.41, 5.74) is 3.88. The quantitative estimate of drug-likeness (QED) is 0.586. The van der Waals surface area contributed by atoms with Gasteiger partial charge in [0, 0.05) is 24.4 Å². The lowest BCUT2D eigenvalue weighted by atomic mass is 10.1. The van der Waals surface area contributed by atoms with Gasteiger partial charge in [0.25, 0.3) is 0 Å². The van der Waals surface area contributed by atoms with E-state index in [-0.39, 0.29) is 5.82 Å². The van der Waals surface area contributed by atoms with Crippen molar-refractivity contribution in [2.24, 2.45) is 0 Å². The summed E-state index contributed by atoms with van der Waals surface area (Å²) in [7, 11) is 1.95. The van der Waals surface area contributed by atoms with E-state index in [9.17, 15) is 4.39 Å². The van der Waals surface area contributed by atoms with Crippen molar-refractivity contribution in [2.75, 3.05) is 11.9 Å². The molecule has 0 heterocycles. The van der Waals surface area contributed by atoms with Gasteiger partial charge in [-0.05, 0) is 42.0 Å². The highest BCUT2D eigenvalue weighted by Gasteiger charge is 2.09. The average Bonchev–Trinajstić information content (AvgIpc) is 2.67. The molecule has 0 bridgehead atoms. The Balaban J connectivity index is 1.97. The highest BCUT2D eigenvalue weighted by atomic mass is 19.1. The largest absolute Gasteiger partial charge is 0.344 e. The number of rotatable bonds is 3. The van der Waals surface area contributed by atoms with Gasteiger partial charge in [0.15, 0.2) is 0 Å². The van der Waals surface area contributed by atoms with Crippen LogP contribution < -0.4 is 4.90 Å². The fourth-order valence-corrected chi connectivity index (χ4v) is 2.50. The zero-order valence-electron chi connectivity index (χ0n) is 14.0. The summed E-state index contributed by atoms with van der Waals surface area (Å²) >= 11 is 0. The first kappa shape index (κ1) is 16.5.